The van der Waals surface area contributed by atoms with Gasteiger partial charge in [0.15, 0.2) is 6.10 Å². The number of carbonyl (C=O) groups excluding carboxylic acids is 1. The van der Waals surface area contributed by atoms with Crippen molar-refractivity contribution in [2.75, 3.05) is 12.3 Å². The Labute approximate surface area is 104 Å². The minimum Gasteiger partial charge on any atom is -0.394 e. The third kappa shape index (κ3) is 2.92. The first kappa shape index (κ1) is 15.1. The highest BCUT2D eigenvalue weighted by atomic mass is 19.3. The van der Waals surface area contributed by atoms with Gasteiger partial charge in [-0.3, -0.25) is 4.79 Å². The van der Waals surface area contributed by atoms with E-state index in [-0.39, 0.29) is 10.4 Å². The highest BCUT2D eigenvalue weighted by Crippen LogP contribution is 2.23. The van der Waals surface area contributed by atoms with E-state index in [4.69, 9.17) is 21.1 Å². The molecule has 0 aromatic carbocycles. The fourth-order valence-corrected chi connectivity index (χ4v) is 1.20. The number of aromatic nitrogens is 2. The summed E-state index contributed by atoms with van der Waals surface area (Å²) in [6.07, 6.45) is -4.44. The lowest BCUT2D eigenvalue weighted by Gasteiger charge is -2.24. The van der Waals surface area contributed by atoms with E-state index >= 15 is 0 Å². The van der Waals surface area contributed by atoms with Crippen LogP contribution in [0.25, 0.3) is 0 Å². The molecule has 19 heavy (non-hydrogen) atoms. The van der Waals surface area contributed by atoms with Crippen molar-refractivity contribution in [2.24, 2.45) is 0 Å². The second-order valence-electron chi connectivity index (χ2n) is 3.63. The van der Waals surface area contributed by atoms with Gasteiger partial charge in [0.05, 0.1) is 6.61 Å². The standard InChI is InChI=1S/C9H11F2N3O5/c10-9(11,6(17)4(16)3-15)7(18)14-2-1-5(12)13-8(14)19/h1-2,4,6,15-17H,3H2,(H2,12,13,19)/t4-,6-/m1/s1. The molecule has 10 heteroatoms. The average Bonchev–Trinajstić information content (AvgIpc) is 2.36. The van der Waals surface area contributed by atoms with Gasteiger partial charge in [0.1, 0.15) is 11.9 Å². The minimum atomic E-state index is -4.48. The molecule has 2 atom stereocenters. The number of carbonyl (C=O) groups is 1. The van der Waals surface area contributed by atoms with Crippen molar-refractivity contribution in [1.29, 1.82) is 0 Å². The number of halogens is 2. The van der Waals surface area contributed by atoms with Crippen LogP contribution < -0.4 is 11.4 Å². The summed E-state index contributed by atoms with van der Waals surface area (Å²) in [5, 5.41) is 26.5. The van der Waals surface area contributed by atoms with Crippen molar-refractivity contribution in [3.05, 3.63) is 22.7 Å². The molecule has 5 N–H and O–H groups in total. The maximum Gasteiger partial charge on any atom is 0.356 e. The molecule has 1 aromatic heterocycles. The van der Waals surface area contributed by atoms with Gasteiger partial charge in [0, 0.05) is 6.20 Å². The van der Waals surface area contributed by atoms with E-state index in [1.807, 2.05) is 0 Å². The van der Waals surface area contributed by atoms with Gasteiger partial charge < -0.3 is 21.1 Å². The van der Waals surface area contributed by atoms with E-state index in [1.165, 1.54) is 0 Å². The minimum absolute atomic E-state index is 0.0519. The Morgan fingerprint density at radius 3 is 2.58 bits per heavy atom. The Morgan fingerprint density at radius 1 is 1.53 bits per heavy atom. The highest BCUT2D eigenvalue weighted by molar-refractivity contribution is 5.86. The van der Waals surface area contributed by atoms with Gasteiger partial charge in [0.2, 0.25) is 0 Å². The third-order valence-electron chi connectivity index (χ3n) is 2.25. The van der Waals surface area contributed by atoms with E-state index in [2.05, 4.69) is 4.98 Å². The number of hydrogen-bond acceptors (Lipinski definition) is 7. The number of nitrogens with zero attached hydrogens (tertiary/aromatic N) is 2. The lowest BCUT2D eigenvalue weighted by molar-refractivity contribution is -0.136. The number of nitrogen functional groups attached to an aromatic ring is 1. The van der Waals surface area contributed by atoms with E-state index in [1.54, 1.807) is 0 Å². The summed E-state index contributed by atoms with van der Waals surface area (Å²) in [5.41, 5.74) is 3.77. The van der Waals surface area contributed by atoms with Crippen molar-refractivity contribution in [1.82, 2.24) is 9.55 Å². The largest absolute Gasteiger partial charge is 0.394 e. The molecule has 0 fully saturated rings. The predicted octanol–water partition coefficient (Wildman–Crippen LogP) is -2.18. The Bertz CT molecular complexity index is 533. The zero-order valence-corrected chi connectivity index (χ0v) is 9.40. The second kappa shape index (κ2) is 5.38. The van der Waals surface area contributed by atoms with Crippen LogP contribution in [0.15, 0.2) is 17.1 Å². The first-order valence-electron chi connectivity index (χ1n) is 4.96. The summed E-state index contributed by atoms with van der Waals surface area (Å²) in [6.45, 7) is -1.18. The van der Waals surface area contributed by atoms with Crippen LogP contribution in [-0.4, -0.2) is 55.5 Å². The quantitative estimate of drug-likeness (QED) is 0.491. The molecule has 0 amide bonds. The Balaban J connectivity index is 3.14. The van der Waals surface area contributed by atoms with Crippen LogP contribution >= 0.6 is 0 Å². The molecule has 0 bridgehead atoms. The number of alkyl halides is 2. The van der Waals surface area contributed by atoms with Crippen molar-refractivity contribution in [2.45, 2.75) is 18.1 Å². The van der Waals surface area contributed by atoms with Gasteiger partial charge in [-0.25, -0.2) is 9.36 Å². The lowest BCUT2D eigenvalue weighted by Crippen LogP contribution is -2.53. The molecule has 0 saturated heterocycles. The molecule has 0 aliphatic heterocycles. The van der Waals surface area contributed by atoms with Crippen molar-refractivity contribution < 1.29 is 28.9 Å². The van der Waals surface area contributed by atoms with Gasteiger partial charge in [0.25, 0.3) is 0 Å². The predicted molar refractivity (Wildman–Crippen MR) is 57.6 cm³/mol. The molecule has 1 heterocycles. The molecule has 1 rings (SSSR count). The van der Waals surface area contributed by atoms with E-state index < -0.39 is 36.3 Å². The normalized spacial score (nSPS) is 15.0. The van der Waals surface area contributed by atoms with E-state index in [9.17, 15) is 18.4 Å². The molecule has 106 valence electrons. The van der Waals surface area contributed by atoms with Crippen molar-refractivity contribution in [3.8, 4) is 0 Å². The number of hydrogen-bond donors (Lipinski definition) is 4. The first-order chi connectivity index (χ1) is 8.71. The van der Waals surface area contributed by atoms with Gasteiger partial charge >= 0.3 is 17.5 Å². The second-order valence-corrected chi connectivity index (χ2v) is 3.63. The lowest BCUT2D eigenvalue weighted by atomic mass is 10.1. The molecule has 0 unspecified atom stereocenters. The van der Waals surface area contributed by atoms with E-state index in [0.717, 1.165) is 6.07 Å². The number of rotatable bonds is 4. The molecular weight excluding hydrogens is 268 g/mol. The molecule has 0 aliphatic carbocycles. The van der Waals surface area contributed by atoms with Crippen molar-refractivity contribution >= 4 is 11.7 Å². The first-order valence-corrected chi connectivity index (χ1v) is 4.96. The van der Waals surface area contributed by atoms with Gasteiger partial charge in [-0.1, -0.05) is 0 Å². The summed E-state index contributed by atoms with van der Waals surface area (Å²) < 4.78 is 27.0. The highest BCUT2D eigenvalue weighted by Gasteiger charge is 2.50. The summed E-state index contributed by atoms with van der Waals surface area (Å²) in [7, 11) is 0. The molecule has 0 aliphatic rings. The van der Waals surface area contributed by atoms with Crippen LogP contribution in [0.1, 0.15) is 4.79 Å². The van der Waals surface area contributed by atoms with Gasteiger partial charge in [-0.15, -0.1) is 0 Å². The molecule has 8 nitrogen and oxygen atoms in total. The van der Waals surface area contributed by atoms with Gasteiger partial charge in [-0.2, -0.15) is 13.8 Å². The monoisotopic (exact) mass is 279 g/mol. The van der Waals surface area contributed by atoms with Crippen LogP contribution in [0.4, 0.5) is 14.6 Å². The molecule has 0 radical (unpaired) electrons. The zero-order valence-electron chi connectivity index (χ0n) is 9.40. The molecule has 1 aromatic rings. The summed E-state index contributed by atoms with van der Waals surface area (Å²) in [4.78, 5) is 25.7. The fourth-order valence-electron chi connectivity index (χ4n) is 1.20. The van der Waals surface area contributed by atoms with Crippen LogP contribution in [0.2, 0.25) is 0 Å². The number of anilines is 1. The number of aliphatic hydroxyl groups is 3. The summed E-state index contributed by atoms with van der Waals surface area (Å²) in [5.74, 6) is -6.85. The fraction of sp³-hybridized carbons (Fsp3) is 0.444. The SMILES string of the molecule is Nc1ccn(C(=O)C(F)(F)[C@H](O)[C@H](O)CO)c(=O)n1. The van der Waals surface area contributed by atoms with Crippen LogP contribution in [0.5, 0.6) is 0 Å². The smallest absolute Gasteiger partial charge is 0.356 e. The Hall–Kier alpha value is -1.91. The van der Waals surface area contributed by atoms with Crippen molar-refractivity contribution in [3.63, 3.8) is 0 Å². The van der Waals surface area contributed by atoms with E-state index in [0.29, 0.717) is 6.20 Å². The van der Waals surface area contributed by atoms with Crippen LogP contribution in [-0.2, 0) is 0 Å². The average molecular weight is 279 g/mol. The van der Waals surface area contributed by atoms with Crippen LogP contribution in [0, 0.1) is 0 Å². The van der Waals surface area contributed by atoms with Gasteiger partial charge in [-0.05, 0) is 6.07 Å². The summed E-state index contributed by atoms with van der Waals surface area (Å²) in [6, 6.07) is 0.935. The van der Waals surface area contributed by atoms with Crippen LogP contribution in [0.3, 0.4) is 0 Å². The Kier molecular flexibility index (Phi) is 4.29. The third-order valence-corrected chi connectivity index (χ3v) is 2.25. The maximum atomic E-state index is 13.5. The summed E-state index contributed by atoms with van der Waals surface area (Å²) >= 11 is 0. The maximum absolute atomic E-state index is 13.5. The molecule has 0 spiro atoms. The number of nitrogens with two attached hydrogens (primary N) is 1. The zero-order chi connectivity index (χ0) is 14.8. The topological polar surface area (TPSA) is 139 Å². The Morgan fingerprint density at radius 2 is 2.11 bits per heavy atom. The molecular formula is C9H11F2N3O5. The number of aliphatic hydroxyl groups excluding tert-OH is 3. The molecule has 0 saturated carbocycles.